The van der Waals surface area contributed by atoms with Gasteiger partial charge in [-0.25, -0.2) is 5.01 Å². The van der Waals surface area contributed by atoms with E-state index in [1.165, 1.54) is 18.2 Å². The van der Waals surface area contributed by atoms with Gasteiger partial charge in [-0.3, -0.25) is 4.57 Å². The summed E-state index contributed by atoms with van der Waals surface area (Å²) < 4.78 is 11.0. The number of aliphatic hydroxyl groups excluding tert-OH is 1. The molecule has 0 bridgehead atoms. The second-order valence-electron chi connectivity index (χ2n) is 2.99. The molecule has 0 fully saturated rings. The number of benzene rings is 1. The zero-order valence-corrected chi connectivity index (χ0v) is 9.12. The monoisotopic (exact) mass is 246 g/mol. The Hall–Kier alpha value is -1.27. The second kappa shape index (κ2) is 5.18. The highest BCUT2D eigenvalue weighted by molar-refractivity contribution is 7.60. The van der Waals surface area contributed by atoms with Gasteiger partial charge in [0.05, 0.1) is 29.4 Å². The Morgan fingerprint density at radius 2 is 2.06 bits per heavy atom. The van der Waals surface area contributed by atoms with Crippen LogP contribution in [0.15, 0.2) is 29.6 Å². The first kappa shape index (κ1) is 12.8. The minimum absolute atomic E-state index is 0.0336. The molecule has 1 rings (SSSR count). The molecule has 0 aromatic heterocycles. The molecule has 3 N–H and O–H groups in total. The topological polar surface area (TPSA) is 110 Å². The molecule has 7 nitrogen and oxygen atoms in total. The molecule has 0 aliphatic rings. The van der Waals surface area contributed by atoms with Crippen LogP contribution in [0.1, 0.15) is 0 Å². The summed E-state index contributed by atoms with van der Waals surface area (Å²) in [5, 5.41) is 12.0. The molecule has 0 aliphatic heterocycles. The van der Waals surface area contributed by atoms with Crippen LogP contribution in [0.3, 0.4) is 0 Å². The van der Waals surface area contributed by atoms with Crippen LogP contribution in [0.5, 0.6) is 0 Å². The van der Waals surface area contributed by atoms with E-state index in [1.807, 2.05) is 0 Å². The van der Waals surface area contributed by atoms with Gasteiger partial charge in [-0.2, -0.15) is 0 Å². The van der Waals surface area contributed by atoms with Crippen molar-refractivity contribution in [2.75, 3.05) is 18.2 Å². The van der Waals surface area contributed by atoms with Gasteiger partial charge < -0.3 is 14.9 Å². The van der Waals surface area contributed by atoms with Crippen LogP contribution in [0, 0.1) is 4.91 Å². The summed E-state index contributed by atoms with van der Waals surface area (Å²) in [5.41, 5.74) is 0.227. The molecule has 0 saturated heterocycles. The van der Waals surface area contributed by atoms with E-state index in [9.17, 15) is 9.47 Å². The first-order valence-corrected chi connectivity index (χ1v) is 5.98. The lowest BCUT2D eigenvalue weighted by molar-refractivity contribution is 0.302. The quantitative estimate of drug-likeness (QED) is 0.382. The number of anilines is 1. The fraction of sp³-hybridized carbons (Fsp3) is 0.250. The molecule has 0 unspecified atom stereocenters. The number of hydrogen-bond acceptors (Lipinski definition) is 4. The number of aliphatic hydroxyl groups is 1. The van der Waals surface area contributed by atoms with E-state index < -0.39 is 7.60 Å². The van der Waals surface area contributed by atoms with Gasteiger partial charge in [-0.1, -0.05) is 6.07 Å². The van der Waals surface area contributed by atoms with Crippen molar-refractivity contribution in [1.82, 2.24) is 0 Å². The summed E-state index contributed by atoms with van der Waals surface area (Å²) in [5.74, 6) is 0. The molecule has 0 aliphatic carbocycles. The maximum atomic E-state index is 11.0. The largest absolute Gasteiger partial charge is 0.394 e. The number of hydrogen-bond donors (Lipinski definition) is 3. The van der Waals surface area contributed by atoms with Gasteiger partial charge in [-0.05, 0) is 18.2 Å². The fourth-order valence-corrected chi connectivity index (χ4v) is 1.73. The predicted molar refractivity (Wildman–Crippen MR) is 58.3 cm³/mol. The molecule has 16 heavy (non-hydrogen) atoms. The molecule has 88 valence electrons. The second-order valence-corrected chi connectivity index (χ2v) is 4.60. The fourth-order valence-electron chi connectivity index (χ4n) is 1.15. The van der Waals surface area contributed by atoms with Gasteiger partial charge in [0.25, 0.3) is 0 Å². The average Bonchev–Trinajstić information content (AvgIpc) is 2.25. The van der Waals surface area contributed by atoms with Crippen molar-refractivity contribution >= 4 is 18.6 Å². The molecular weight excluding hydrogens is 235 g/mol. The van der Waals surface area contributed by atoms with Crippen molar-refractivity contribution in [3.8, 4) is 0 Å². The standard InChI is InChI=1S/C8H11N2O5P/c11-5-4-10(9-12)7-2-1-3-8(6-7)16(13,14)15/h1-3,6,11H,4-5H2,(H2,13,14,15). The van der Waals surface area contributed by atoms with Gasteiger partial charge >= 0.3 is 7.60 Å². The molecule has 1 aromatic rings. The van der Waals surface area contributed by atoms with Gasteiger partial charge in [0.2, 0.25) is 0 Å². The summed E-state index contributed by atoms with van der Waals surface area (Å²) in [6, 6.07) is 5.29. The lowest BCUT2D eigenvalue weighted by Gasteiger charge is -2.14. The van der Waals surface area contributed by atoms with Crippen molar-refractivity contribution in [2.24, 2.45) is 5.29 Å². The minimum Gasteiger partial charge on any atom is -0.394 e. The van der Waals surface area contributed by atoms with E-state index in [2.05, 4.69) is 5.29 Å². The van der Waals surface area contributed by atoms with Crippen molar-refractivity contribution in [3.63, 3.8) is 0 Å². The minimum atomic E-state index is -4.35. The van der Waals surface area contributed by atoms with E-state index >= 15 is 0 Å². The Labute approximate surface area is 91.4 Å². The van der Waals surface area contributed by atoms with Crippen LogP contribution in [0.4, 0.5) is 5.69 Å². The normalized spacial score (nSPS) is 11.2. The first-order valence-electron chi connectivity index (χ1n) is 4.37. The van der Waals surface area contributed by atoms with E-state index in [-0.39, 0.29) is 24.1 Å². The Bertz CT molecular complexity index is 419. The average molecular weight is 246 g/mol. The van der Waals surface area contributed by atoms with Crippen LogP contribution >= 0.6 is 7.60 Å². The third kappa shape index (κ3) is 3.11. The molecule has 0 heterocycles. The molecular formula is C8H11N2O5P. The Morgan fingerprint density at radius 1 is 1.38 bits per heavy atom. The molecule has 1 aromatic carbocycles. The predicted octanol–water partition coefficient (Wildman–Crippen LogP) is -0.0303. The first-order chi connectivity index (χ1) is 7.49. The number of nitroso groups, excluding NO2 is 1. The number of nitrogens with zero attached hydrogens (tertiary/aromatic N) is 2. The van der Waals surface area contributed by atoms with Crippen LogP contribution in [-0.4, -0.2) is 28.0 Å². The van der Waals surface area contributed by atoms with Crippen LogP contribution < -0.4 is 10.3 Å². The third-order valence-electron chi connectivity index (χ3n) is 1.87. The van der Waals surface area contributed by atoms with Crippen LogP contribution in [0.2, 0.25) is 0 Å². The SMILES string of the molecule is O=NN(CCO)c1cccc(P(=O)(O)O)c1. The molecule has 0 spiro atoms. The molecule has 0 saturated carbocycles. The highest BCUT2D eigenvalue weighted by atomic mass is 31.2. The van der Waals surface area contributed by atoms with Crippen LogP contribution in [-0.2, 0) is 4.57 Å². The van der Waals surface area contributed by atoms with E-state index in [0.717, 1.165) is 11.1 Å². The molecule has 0 amide bonds. The summed E-state index contributed by atoms with van der Waals surface area (Å²) in [4.78, 5) is 28.3. The summed E-state index contributed by atoms with van der Waals surface area (Å²) in [6.45, 7) is -0.319. The van der Waals surface area contributed by atoms with Gasteiger partial charge in [0.15, 0.2) is 0 Å². The van der Waals surface area contributed by atoms with Crippen LogP contribution in [0.25, 0.3) is 0 Å². The Kier molecular flexibility index (Phi) is 4.14. The summed E-state index contributed by atoms with van der Waals surface area (Å²) in [6.07, 6.45) is 0. The van der Waals surface area contributed by atoms with Crippen molar-refractivity contribution in [1.29, 1.82) is 0 Å². The molecule has 0 radical (unpaired) electrons. The zero-order valence-electron chi connectivity index (χ0n) is 8.22. The van der Waals surface area contributed by atoms with E-state index in [0.29, 0.717) is 0 Å². The van der Waals surface area contributed by atoms with Gasteiger partial charge in [0, 0.05) is 0 Å². The van der Waals surface area contributed by atoms with E-state index in [1.54, 1.807) is 0 Å². The lowest BCUT2D eigenvalue weighted by atomic mass is 10.3. The zero-order chi connectivity index (χ0) is 12.2. The van der Waals surface area contributed by atoms with Crippen molar-refractivity contribution in [3.05, 3.63) is 29.2 Å². The Morgan fingerprint density at radius 3 is 2.56 bits per heavy atom. The summed E-state index contributed by atoms with van der Waals surface area (Å²) in [7, 11) is -4.35. The lowest BCUT2D eigenvalue weighted by Crippen LogP contribution is -2.20. The van der Waals surface area contributed by atoms with Crippen molar-refractivity contribution in [2.45, 2.75) is 0 Å². The number of rotatable bonds is 5. The third-order valence-corrected chi connectivity index (χ3v) is 2.83. The van der Waals surface area contributed by atoms with E-state index in [4.69, 9.17) is 14.9 Å². The Balaban J connectivity index is 3.06. The maximum absolute atomic E-state index is 11.0. The summed E-state index contributed by atoms with van der Waals surface area (Å²) >= 11 is 0. The highest BCUT2D eigenvalue weighted by Gasteiger charge is 2.18. The molecule has 8 heteroatoms. The maximum Gasteiger partial charge on any atom is 0.356 e. The van der Waals surface area contributed by atoms with Crippen molar-refractivity contribution < 1.29 is 19.5 Å². The van der Waals surface area contributed by atoms with Gasteiger partial charge in [-0.15, -0.1) is 4.91 Å². The smallest absolute Gasteiger partial charge is 0.356 e. The molecule has 0 atom stereocenters. The van der Waals surface area contributed by atoms with Gasteiger partial charge in [0.1, 0.15) is 0 Å². The highest BCUT2D eigenvalue weighted by Crippen LogP contribution is 2.34.